The Morgan fingerprint density at radius 3 is 2.57 bits per heavy atom. The van der Waals surface area contributed by atoms with Crippen molar-refractivity contribution >= 4 is 11.6 Å². The lowest BCUT2D eigenvalue weighted by atomic mass is 9.98. The van der Waals surface area contributed by atoms with Crippen LogP contribution in [0.25, 0.3) is 0 Å². The fourth-order valence-corrected chi connectivity index (χ4v) is 1.74. The van der Waals surface area contributed by atoms with Crippen LogP contribution in [0.4, 0.5) is 4.39 Å². The molecule has 0 spiro atoms. The molecule has 2 N–H and O–H groups in total. The summed E-state index contributed by atoms with van der Waals surface area (Å²) in [7, 11) is 0. The van der Waals surface area contributed by atoms with E-state index in [1.165, 1.54) is 12.1 Å². The van der Waals surface area contributed by atoms with Crippen LogP contribution in [0.5, 0.6) is 0 Å². The van der Waals surface area contributed by atoms with E-state index in [1.54, 1.807) is 6.07 Å². The van der Waals surface area contributed by atoms with Crippen molar-refractivity contribution in [2.75, 3.05) is 0 Å². The third-order valence-electron chi connectivity index (χ3n) is 2.09. The smallest absolute Gasteiger partial charge is 0.124 e. The Labute approximate surface area is 89.1 Å². The molecule has 0 fully saturated rings. The Hall–Kier alpha value is -0.600. The van der Waals surface area contributed by atoms with Crippen LogP contribution >= 0.6 is 11.6 Å². The van der Waals surface area contributed by atoms with Gasteiger partial charge in [-0.25, -0.2) is 4.39 Å². The molecule has 0 saturated heterocycles. The Kier molecular flexibility index (Phi) is 3.90. The Morgan fingerprint density at radius 1 is 1.43 bits per heavy atom. The maximum atomic E-state index is 12.7. The molecular formula is C11H15ClFN. The molecule has 1 atom stereocenters. The van der Waals surface area contributed by atoms with Crippen molar-refractivity contribution in [3.8, 4) is 0 Å². The van der Waals surface area contributed by atoms with Crippen molar-refractivity contribution in [3.63, 3.8) is 0 Å². The lowest BCUT2D eigenvalue weighted by molar-refractivity contribution is 0.509. The Balaban J connectivity index is 2.84. The van der Waals surface area contributed by atoms with E-state index in [2.05, 4.69) is 13.8 Å². The van der Waals surface area contributed by atoms with Crippen molar-refractivity contribution in [2.45, 2.75) is 26.3 Å². The lowest BCUT2D eigenvalue weighted by Gasteiger charge is -2.15. The molecular weight excluding hydrogens is 201 g/mol. The van der Waals surface area contributed by atoms with Gasteiger partial charge in [-0.15, -0.1) is 0 Å². The molecule has 0 aliphatic heterocycles. The topological polar surface area (TPSA) is 26.0 Å². The minimum atomic E-state index is -0.324. The van der Waals surface area contributed by atoms with E-state index in [-0.39, 0.29) is 11.9 Å². The van der Waals surface area contributed by atoms with Crippen molar-refractivity contribution in [2.24, 2.45) is 11.7 Å². The van der Waals surface area contributed by atoms with Crippen LogP contribution in [0.1, 0.15) is 31.9 Å². The lowest BCUT2D eigenvalue weighted by Crippen LogP contribution is -2.13. The van der Waals surface area contributed by atoms with E-state index < -0.39 is 0 Å². The molecule has 1 nitrogen and oxygen atoms in total. The summed E-state index contributed by atoms with van der Waals surface area (Å²) < 4.78 is 12.7. The monoisotopic (exact) mass is 215 g/mol. The molecule has 14 heavy (non-hydrogen) atoms. The molecule has 0 unspecified atom stereocenters. The zero-order valence-corrected chi connectivity index (χ0v) is 9.18. The average molecular weight is 216 g/mol. The fraction of sp³-hybridized carbons (Fsp3) is 0.455. The third kappa shape index (κ3) is 2.96. The quantitative estimate of drug-likeness (QED) is 0.820. The first-order valence-corrected chi connectivity index (χ1v) is 5.09. The summed E-state index contributed by atoms with van der Waals surface area (Å²) in [5.41, 5.74) is 6.76. The van der Waals surface area contributed by atoms with Gasteiger partial charge in [0.2, 0.25) is 0 Å². The molecule has 1 aromatic carbocycles. The highest BCUT2D eigenvalue weighted by atomic mass is 35.5. The maximum Gasteiger partial charge on any atom is 0.124 e. The SMILES string of the molecule is CC(C)C[C@H](N)c1ccc(F)cc1Cl. The van der Waals surface area contributed by atoms with Gasteiger partial charge in [0.15, 0.2) is 0 Å². The Bertz CT molecular complexity index is 312. The summed E-state index contributed by atoms with van der Waals surface area (Å²) in [5.74, 6) is 0.182. The minimum Gasteiger partial charge on any atom is -0.324 e. The summed E-state index contributed by atoms with van der Waals surface area (Å²) in [5, 5.41) is 0.415. The molecule has 1 aromatic rings. The molecule has 0 bridgehead atoms. The molecule has 0 radical (unpaired) electrons. The van der Waals surface area contributed by atoms with Gasteiger partial charge in [-0.05, 0) is 30.0 Å². The van der Waals surface area contributed by atoms with Crippen LogP contribution in [-0.4, -0.2) is 0 Å². The van der Waals surface area contributed by atoms with Crippen molar-refractivity contribution < 1.29 is 4.39 Å². The van der Waals surface area contributed by atoms with Gasteiger partial charge >= 0.3 is 0 Å². The zero-order chi connectivity index (χ0) is 10.7. The summed E-state index contributed by atoms with van der Waals surface area (Å²) in [6.45, 7) is 4.19. The molecule has 0 aliphatic carbocycles. The molecule has 0 amide bonds. The number of hydrogen-bond donors (Lipinski definition) is 1. The molecule has 78 valence electrons. The normalized spacial score (nSPS) is 13.3. The van der Waals surface area contributed by atoms with Crippen LogP contribution in [0.2, 0.25) is 5.02 Å². The number of hydrogen-bond acceptors (Lipinski definition) is 1. The number of rotatable bonds is 3. The van der Waals surface area contributed by atoms with E-state index >= 15 is 0 Å². The van der Waals surface area contributed by atoms with Crippen molar-refractivity contribution in [1.29, 1.82) is 0 Å². The number of benzene rings is 1. The Morgan fingerprint density at radius 2 is 2.07 bits per heavy atom. The van der Waals surface area contributed by atoms with E-state index in [4.69, 9.17) is 17.3 Å². The van der Waals surface area contributed by atoms with E-state index in [0.717, 1.165) is 12.0 Å². The van der Waals surface area contributed by atoms with Crippen LogP contribution < -0.4 is 5.73 Å². The summed E-state index contributed by atoms with van der Waals surface area (Å²) in [6.07, 6.45) is 0.853. The zero-order valence-electron chi connectivity index (χ0n) is 8.43. The second-order valence-corrected chi connectivity index (χ2v) is 4.31. The van der Waals surface area contributed by atoms with Gasteiger partial charge in [0.1, 0.15) is 5.82 Å². The number of halogens is 2. The highest BCUT2D eigenvalue weighted by Gasteiger charge is 2.12. The van der Waals surface area contributed by atoms with Gasteiger partial charge in [0.05, 0.1) is 0 Å². The predicted molar refractivity (Wildman–Crippen MR) is 57.8 cm³/mol. The summed E-state index contributed by atoms with van der Waals surface area (Å²) in [6, 6.07) is 4.24. The van der Waals surface area contributed by atoms with E-state index in [9.17, 15) is 4.39 Å². The van der Waals surface area contributed by atoms with Crippen LogP contribution in [0.15, 0.2) is 18.2 Å². The predicted octanol–water partition coefficient (Wildman–Crippen LogP) is 3.53. The van der Waals surface area contributed by atoms with Gasteiger partial charge in [0.25, 0.3) is 0 Å². The third-order valence-corrected chi connectivity index (χ3v) is 2.41. The highest BCUT2D eigenvalue weighted by molar-refractivity contribution is 6.31. The van der Waals surface area contributed by atoms with Gasteiger partial charge < -0.3 is 5.73 Å². The first-order chi connectivity index (χ1) is 6.50. The van der Waals surface area contributed by atoms with Gasteiger partial charge in [-0.1, -0.05) is 31.5 Å². The second-order valence-electron chi connectivity index (χ2n) is 3.90. The number of nitrogens with two attached hydrogens (primary N) is 1. The second kappa shape index (κ2) is 4.76. The first kappa shape index (κ1) is 11.5. The summed E-state index contributed by atoms with van der Waals surface area (Å²) >= 11 is 5.89. The summed E-state index contributed by atoms with van der Waals surface area (Å²) in [4.78, 5) is 0. The highest BCUT2D eigenvalue weighted by Crippen LogP contribution is 2.26. The fourth-order valence-electron chi connectivity index (χ4n) is 1.44. The molecule has 0 aromatic heterocycles. The standard InChI is InChI=1S/C11H15ClFN/c1-7(2)5-11(14)9-4-3-8(13)6-10(9)12/h3-4,6-7,11H,5,14H2,1-2H3/t11-/m0/s1. The van der Waals surface area contributed by atoms with Crippen LogP contribution in [-0.2, 0) is 0 Å². The molecule has 0 saturated carbocycles. The van der Waals surface area contributed by atoms with Crippen molar-refractivity contribution in [1.82, 2.24) is 0 Å². The van der Waals surface area contributed by atoms with E-state index in [0.29, 0.717) is 10.9 Å². The maximum absolute atomic E-state index is 12.7. The average Bonchev–Trinajstić information content (AvgIpc) is 2.01. The first-order valence-electron chi connectivity index (χ1n) is 4.71. The van der Waals surface area contributed by atoms with Crippen LogP contribution in [0, 0.1) is 11.7 Å². The van der Waals surface area contributed by atoms with Gasteiger partial charge in [0, 0.05) is 11.1 Å². The largest absolute Gasteiger partial charge is 0.324 e. The van der Waals surface area contributed by atoms with Crippen molar-refractivity contribution in [3.05, 3.63) is 34.6 Å². The molecule has 3 heteroatoms. The molecule has 1 rings (SSSR count). The van der Waals surface area contributed by atoms with Gasteiger partial charge in [-0.3, -0.25) is 0 Å². The molecule has 0 aliphatic rings. The van der Waals surface area contributed by atoms with E-state index in [1.807, 2.05) is 0 Å². The molecule has 0 heterocycles. The minimum absolute atomic E-state index is 0.108. The van der Waals surface area contributed by atoms with Gasteiger partial charge in [-0.2, -0.15) is 0 Å². The van der Waals surface area contributed by atoms with Crippen LogP contribution in [0.3, 0.4) is 0 Å².